The Hall–Kier alpha value is -3.29. The lowest BCUT2D eigenvalue weighted by Crippen LogP contribution is -2.70. The highest BCUT2D eigenvalue weighted by Crippen LogP contribution is 2.40. The molecule has 13 nitrogen and oxygen atoms in total. The Balaban J connectivity index is 0.000000638. The summed E-state index contributed by atoms with van der Waals surface area (Å²) in [6, 6.07) is -0.980. The molecule has 3 heterocycles. The zero-order chi connectivity index (χ0) is 28.9. The number of nitrogens with one attached hydrogen (secondary N) is 1. The molecule has 3 rings (SSSR count). The lowest BCUT2D eigenvalue weighted by molar-refractivity contribution is -0.192. The van der Waals surface area contributed by atoms with E-state index in [1.807, 2.05) is 0 Å². The fraction of sp³-hybridized carbons (Fsp3) is 0.368. The van der Waals surface area contributed by atoms with Crippen molar-refractivity contribution in [2.24, 2.45) is 0 Å². The summed E-state index contributed by atoms with van der Waals surface area (Å²) in [5.74, 6) is -5.73. The van der Waals surface area contributed by atoms with Crippen molar-refractivity contribution in [1.29, 1.82) is 0 Å². The highest BCUT2D eigenvalue weighted by molar-refractivity contribution is 8.00. The van der Waals surface area contributed by atoms with Crippen LogP contribution in [0.4, 0.5) is 18.3 Å². The van der Waals surface area contributed by atoms with Crippen LogP contribution in [0, 0.1) is 0 Å². The number of thioether (sulfide) groups is 1. The van der Waals surface area contributed by atoms with Crippen LogP contribution in [0.2, 0.25) is 0 Å². The minimum Gasteiger partial charge on any atom is -0.612 e. The Bertz CT molecular complexity index is 1200. The van der Waals surface area contributed by atoms with Gasteiger partial charge in [-0.25, -0.2) is 14.6 Å². The van der Waals surface area contributed by atoms with E-state index in [1.54, 1.807) is 0 Å². The number of halogens is 3. The van der Waals surface area contributed by atoms with Gasteiger partial charge in [-0.3, -0.25) is 19.3 Å². The molecule has 19 heteroatoms. The monoisotopic (exact) mass is 600 g/mol. The number of carboxylic acid groups (broad SMARTS) is 2. The Kier molecular flexibility index (Phi) is 10.2. The normalized spacial score (nSPS) is 19.9. The number of rotatable bonds is 7. The third kappa shape index (κ3) is 7.62. The van der Waals surface area contributed by atoms with E-state index in [4.69, 9.17) is 20.4 Å². The van der Waals surface area contributed by atoms with Crippen LogP contribution in [0.1, 0.15) is 12.6 Å². The number of thiazole rings is 1. The van der Waals surface area contributed by atoms with Gasteiger partial charge in [-0.1, -0.05) is 0 Å². The zero-order valence-electron chi connectivity index (χ0n) is 19.3. The van der Waals surface area contributed by atoms with Crippen LogP contribution in [-0.4, -0.2) is 90.6 Å². The maximum atomic E-state index is 12.8. The molecule has 1 saturated heterocycles. The number of aromatic nitrogens is 1. The van der Waals surface area contributed by atoms with E-state index >= 15 is 0 Å². The predicted molar refractivity (Wildman–Crippen MR) is 129 cm³/mol. The van der Waals surface area contributed by atoms with Gasteiger partial charge in [0.1, 0.15) is 34.7 Å². The standard InChI is InChI=1S/C17H18N4O7S3.C2HF3O2/c1-7(22)28-3-8-4-29-15-11(14(24)21(15)12(8)16(25)26)20-13(23)9(6-31(2)27)10-5-30-17(18)19-10;3-2(4,5)1(6)7/h5-6,11,15H,3-4H2,1-2H3,(H2,18,19)(H,20,23)(H,25,26);(H,6,7)/b9-6+;/t11?,15-,31?;/m1./s1. The number of aliphatic carboxylic acids is 2. The molecule has 2 aliphatic heterocycles. The van der Waals surface area contributed by atoms with E-state index in [-0.39, 0.29) is 34.5 Å². The van der Waals surface area contributed by atoms with Gasteiger partial charge < -0.3 is 30.6 Å². The van der Waals surface area contributed by atoms with Crippen molar-refractivity contribution < 1.29 is 56.6 Å². The summed E-state index contributed by atoms with van der Waals surface area (Å²) in [6.07, 6.45) is -3.70. The highest BCUT2D eigenvalue weighted by atomic mass is 32.2. The van der Waals surface area contributed by atoms with E-state index in [0.717, 1.165) is 16.2 Å². The SMILES string of the molecule is CC(=O)OCC1=C(C(=O)O)N2C(=O)C(NC(=O)/C(=C/[S+](C)[O-])c3csc(N)n3)[C@H]2SC1.O=C(O)C(F)(F)F. The lowest BCUT2D eigenvalue weighted by atomic mass is 10.0. The lowest BCUT2D eigenvalue weighted by Gasteiger charge is -2.49. The van der Waals surface area contributed by atoms with Crippen LogP contribution >= 0.6 is 23.1 Å². The number of alkyl halides is 3. The molecular weight excluding hydrogens is 581 g/mol. The molecule has 0 aromatic carbocycles. The molecule has 208 valence electrons. The summed E-state index contributed by atoms with van der Waals surface area (Å²) in [4.78, 5) is 62.3. The van der Waals surface area contributed by atoms with Crippen LogP contribution < -0.4 is 11.1 Å². The summed E-state index contributed by atoms with van der Waals surface area (Å²) in [5.41, 5.74) is 5.89. The van der Waals surface area contributed by atoms with Gasteiger partial charge in [-0.2, -0.15) is 13.2 Å². The third-order valence-corrected chi connectivity index (χ3v) is 7.14. The van der Waals surface area contributed by atoms with Gasteiger partial charge in [0.05, 0.1) is 11.9 Å². The average molecular weight is 601 g/mol. The summed E-state index contributed by atoms with van der Waals surface area (Å²) in [6.45, 7) is 0.961. The first-order valence-electron chi connectivity index (χ1n) is 9.94. The molecule has 1 aromatic rings. The van der Waals surface area contributed by atoms with Crippen molar-refractivity contribution >= 4 is 74.7 Å². The van der Waals surface area contributed by atoms with Gasteiger partial charge in [0.2, 0.25) is 0 Å². The number of esters is 1. The molecule has 2 amide bonds. The third-order valence-electron chi connectivity index (χ3n) is 4.55. The van der Waals surface area contributed by atoms with Crippen molar-refractivity contribution in [3.05, 3.63) is 27.8 Å². The molecule has 2 unspecified atom stereocenters. The number of carbonyl (C=O) groups excluding carboxylic acids is 3. The van der Waals surface area contributed by atoms with E-state index in [1.165, 1.54) is 35.7 Å². The topological polar surface area (TPSA) is 212 Å². The molecule has 3 atom stereocenters. The molecule has 0 saturated carbocycles. The van der Waals surface area contributed by atoms with Crippen LogP contribution in [0.5, 0.6) is 0 Å². The minimum atomic E-state index is -5.08. The molecule has 5 N–H and O–H groups in total. The first kappa shape index (κ1) is 30.9. The minimum absolute atomic E-state index is 0.00499. The zero-order valence-corrected chi connectivity index (χ0v) is 21.8. The molecule has 38 heavy (non-hydrogen) atoms. The van der Waals surface area contributed by atoms with Gasteiger partial charge in [0, 0.05) is 23.6 Å². The number of amides is 2. The number of hydrogen-bond acceptors (Lipinski definition) is 11. The Morgan fingerprint density at radius 2 is 1.97 bits per heavy atom. The molecule has 0 aliphatic carbocycles. The van der Waals surface area contributed by atoms with E-state index in [9.17, 15) is 42.0 Å². The average Bonchev–Trinajstić information content (AvgIpc) is 3.24. The summed E-state index contributed by atoms with van der Waals surface area (Å²) < 4.78 is 48.3. The maximum Gasteiger partial charge on any atom is 0.490 e. The number of anilines is 1. The maximum absolute atomic E-state index is 12.8. The molecular formula is C19H19F3N4O9S3. The number of nitrogens with two attached hydrogens (primary N) is 1. The molecule has 0 bridgehead atoms. The number of carboxylic acids is 2. The fourth-order valence-corrected chi connectivity index (χ4v) is 5.46. The van der Waals surface area contributed by atoms with Gasteiger partial charge in [0.15, 0.2) is 5.13 Å². The smallest absolute Gasteiger partial charge is 0.490 e. The van der Waals surface area contributed by atoms with Gasteiger partial charge >= 0.3 is 24.1 Å². The number of nitrogens with zero attached hydrogens (tertiary/aromatic N) is 2. The molecule has 2 aliphatic rings. The highest BCUT2D eigenvalue weighted by Gasteiger charge is 2.54. The van der Waals surface area contributed by atoms with Crippen molar-refractivity contribution in [3.8, 4) is 0 Å². The number of carbonyl (C=O) groups is 5. The number of β-lactam (4-membered cyclic amide) rings is 1. The number of nitrogen functional groups attached to an aromatic ring is 1. The molecule has 0 radical (unpaired) electrons. The Labute approximate surface area is 223 Å². The van der Waals surface area contributed by atoms with Crippen LogP contribution in [0.25, 0.3) is 5.57 Å². The summed E-state index contributed by atoms with van der Waals surface area (Å²) in [7, 11) is 0. The number of fused-ring (bicyclic) bond motifs is 1. The molecule has 1 fully saturated rings. The van der Waals surface area contributed by atoms with Crippen LogP contribution in [0.15, 0.2) is 22.1 Å². The fourth-order valence-electron chi connectivity index (χ4n) is 3.01. The van der Waals surface area contributed by atoms with Crippen molar-refractivity contribution in [2.75, 3.05) is 24.3 Å². The van der Waals surface area contributed by atoms with Gasteiger partial charge in [0.25, 0.3) is 11.8 Å². The number of hydrogen-bond donors (Lipinski definition) is 4. The van der Waals surface area contributed by atoms with Crippen molar-refractivity contribution in [1.82, 2.24) is 15.2 Å². The largest absolute Gasteiger partial charge is 0.612 e. The number of ether oxygens (including phenoxy) is 1. The second-order valence-electron chi connectivity index (χ2n) is 7.30. The second-order valence-corrected chi connectivity index (χ2v) is 10.5. The van der Waals surface area contributed by atoms with E-state index in [0.29, 0.717) is 5.57 Å². The van der Waals surface area contributed by atoms with Gasteiger partial charge in [-0.05, 0) is 11.2 Å². The Morgan fingerprint density at radius 1 is 1.37 bits per heavy atom. The van der Waals surface area contributed by atoms with Crippen LogP contribution in [-0.2, 0) is 39.9 Å². The summed E-state index contributed by atoms with van der Waals surface area (Å²) >= 11 is 0.871. The second kappa shape index (κ2) is 12.5. The summed E-state index contributed by atoms with van der Waals surface area (Å²) in [5, 5.41) is 21.6. The first-order valence-corrected chi connectivity index (χ1v) is 13.5. The first-order chi connectivity index (χ1) is 17.5. The molecule has 1 aromatic heterocycles. The Morgan fingerprint density at radius 3 is 2.42 bits per heavy atom. The molecule has 0 spiro atoms. The van der Waals surface area contributed by atoms with E-state index in [2.05, 4.69) is 10.3 Å². The van der Waals surface area contributed by atoms with E-state index < -0.39 is 58.5 Å². The van der Waals surface area contributed by atoms with Gasteiger partial charge in [-0.15, -0.1) is 23.1 Å². The van der Waals surface area contributed by atoms with Crippen molar-refractivity contribution in [3.63, 3.8) is 0 Å². The quantitative estimate of drug-likeness (QED) is 0.145. The van der Waals surface area contributed by atoms with Crippen molar-refractivity contribution in [2.45, 2.75) is 24.5 Å². The van der Waals surface area contributed by atoms with Crippen LogP contribution in [0.3, 0.4) is 0 Å². The predicted octanol–water partition coefficient (Wildman–Crippen LogP) is 0.380.